The average Bonchev–Trinajstić information content (AvgIpc) is 3.35. The molecule has 1 aliphatic carbocycles. The first-order valence-corrected chi connectivity index (χ1v) is 10.5. The average molecular weight is 386 g/mol. The summed E-state index contributed by atoms with van der Waals surface area (Å²) in [5.41, 5.74) is 1.10. The maximum Gasteiger partial charge on any atom is 0.253 e. The number of carbonyl (C=O) groups excluding carboxylic acids is 2. The Morgan fingerprint density at radius 3 is 2.63 bits per heavy atom. The number of amides is 2. The molecule has 144 valence electrons. The highest BCUT2D eigenvalue weighted by molar-refractivity contribution is 7.09. The highest BCUT2D eigenvalue weighted by Crippen LogP contribution is 2.20. The van der Waals surface area contributed by atoms with Crippen LogP contribution in [-0.4, -0.2) is 35.8 Å². The van der Waals surface area contributed by atoms with E-state index in [0.29, 0.717) is 17.8 Å². The Balaban J connectivity index is 1.60. The summed E-state index contributed by atoms with van der Waals surface area (Å²) >= 11 is 1.69. The van der Waals surface area contributed by atoms with Gasteiger partial charge in [0, 0.05) is 17.5 Å². The number of nitrogens with one attached hydrogen (secondary N) is 2. The number of para-hydroxylation sites is 1. The number of hydrogen-bond donors (Lipinski definition) is 2. The number of benzene rings is 1. The van der Waals surface area contributed by atoms with Crippen molar-refractivity contribution in [2.45, 2.75) is 45.2 Å². The third-order valence-corrected chi connectivity index (χ3v) is 5.77. The van der Waals surface area contributed by atoms with Crippen LogP contribution in [0.4, 0.5) is 5.69 Å². The molecular formula is C21H27N3O2S. The van der Waals surface area contributed by atoms with Gasteiger partial charge in [-0.3, -0.25) is 14.5 Å². The largest absolute Gasteiger partial charge is 0.349 e. The Morgan fingerprint density at radius 1 is 1.15 bits per heavy atom. The highest BCUT2D eigenvalue weighted by atomic mass is 32.1. The van der Waals surface area contributed by atoms with Crippen molar-refractivity contribution in [2.24, 2.45) is 0 Å². The zero-order chi connectivity index (χ0) is 19.1. The van der Waals surface area contributed by atoms with E-state index in [2.05, 4.69) is 21.6 Å². The van der Waals surface area contributed by atoms with Gasteiger partial charge in [0.15, 0.2) is 0 Å². The summed E-state index contributed by atoms with van der Waals surface area (Å²) < 4.78 is 0. The van der Waals surface area contributed by atoms with Crippen LogP contribution >= 0.6 is 11.3 Å². The van der Waals surface area contributed by atoms with Gasteiger partial charge in [-0.2, -0.15) is 0 Å². The SMILES string of the molecule is CCN(CC(=O)Nc1ccccc1C(=O)NC1CCCC1)Cc1cccs1. The summed E-state index contributed by atoms with van der Waals surface area (Å²) in [7, 11) is 0. The van der Waals surface area contributed by atoms with Crippen LogP contribution in [0.5, 0.6) is 0 Å². The molecule has 1 saturated carbocycles. The number of hydrogen-bond acceptors (Lipinski definition) is 4. The lowest BCUT2D eigenvalue weighted by molar-refractivity contribution is -0.117. The van der Waals surface area contributed by atoms with Gasteiger partial charge in [0.1, 0.15) is 0 Å². The van der Waals surface area contributed by atoms with Crippen LogP contribution in [0.2, 0.25) is 0 Å². The topological polar surface area (TPSA) is 61.4 Å². The van der Waals surface area contributed by atoms with Crippen LogP contribution < -0.4 is 10.6 Å². The Hall–Kier alpha value is -2.18. The summed E-state index contributed by atoms with van der Waals surface area (Å²) in [4.78, 5) is 28.5. The van der Waals surface area contributed by atoms with Crippen molar-refractivity contribution in [1.82, 2.24) is 10.2 Å². The first-order chi connectivity index (χ1) is 13.2. The molecule has 0 unspecified atom stereocenters. The molecule has 3 rings (SSSR count). The molecule has 5 nitrogen and oxygen atoms in total. The van der Waals surface area contributed by atoms with Crippen LogP contribution in [0.25, 0.3) is 0 Å². The molecule has 0 aliphatic heterocycles. The molecule has 6 heteroatoms. The van der Waals surface area contributed by atoms with Gasteiger partial charge in [0.25, 0.3) is 5.91 Å². The number of rotatable bonds is 8. The Kier molecular flexibility index (Phi) is 7.01. The predicted molar refractivity (Wildman–Crippen MR) is 110 cm³/mol. The van der Waals surface area contributed by atoms with Gasteiger partial charge in [0.05, 0.1) is 17.8 Å². The van der Waals surface area contributed by atoms with E-state index in [-0.39, 0.29) is 17.9 Å². The van der Waals surface area contributed by atoms with E-state index in [1.54, 1.807) is 23.5 Å². The summed E-state index contributed by atoms with van der Waals surface area (Å²) in [5, 5.41) is 8.06. The van der Waals surface area contributed by atoms with Gasteiger partial charge in [0.2, 0.25) is 5.91 Å². The molecule has 2 amide bonds. The summed E-state index contributed by atoms with van der Waals surface area (Å²) in [6.07, 6.45) is 4.41. The molecule has 0 bridgehead atoms. The molecular weight excluding hydrogens is 358 g/mol. The molecule has 0 radical (unpaired) electrons. The zero-order valence-electron chi connectivity index (χ0n) is 15.7. The van der Waals surface area contributed by atoms with Crippen LogP contribution in [0.15, 0.2) is 41.8 Å². The zero-order valence-corrected chi connectivity index (χ0v) is 16.6. The molecule has 1 aliphatic rings. The third-order valence-electron chi connectivity index (χ3n) is 4.91. The standard InChI is InChI=1S/C21H27N3O2S/c1-2-24(14-17-10-7-13-27-17)15-20(25)23-19-12-6-5-11-18(19)21(26)22-16-8-3-4-9-16/h5-7,10-13,16H,2-4,8-9,14-15H2,1H3,(H,22,26)(H,23,25). The fourth-order valence-electron chi connectivity index (χ4n) is 3.42. The van der Waals surface area contributed by atoms with Crippen molar-refractivity contribution in [3.63, 3.8) is 0 Å². The maximum atomic E-state index is 12.6. The molecule has 0 spiro atoms. The van der Waals surface area contributed by atoms with E-state index >= 15 is 0 Å². The van der Waals surface area contributed by atoms with Gasteiger partial charge in [-0.1, -0.05) is 38.0 Å². The first-order valence-electron chi connectivity index (χ1n) is 9.60. The van der Waals surface area contributed by atoms with Gasteiger partial charge < -0.3 is 10.6 Å². The molecule has 2 N–H and O–H groups in total. The highest BCUT2D eigenvalue weighted by Gasteiger charge is 2.20. The van der Waals surface area contributed by atoms with E-state index in [1.807, 2.05) is 30.5 Å². The van der Waals surface area contributed by atoms with Gasteiger partial charge in [-0.15, -0.1) is 11.3 Å². The predicted octanol–water partition coefficient (Wildman–Crippen LogP) is 3.88. The van der Waals surface area contributed by atoms with Crippen molar-refractivity contribution in [1.29, 1.82) is 0 Å². The normalized spacial score (nSPS) is 14.4. The Labute approximate surface area is 164 Å². The Morgan fingerprint density at radius 2 is 1.93 bits per heavy atom. The second-order valence-electron chi connectivity index (χ2n) is 6.93. The molecule has 0 saturated heterocycles. The lowest BCUT2D eigenvalue weighted by Crippen LogP contribution is -2.35. The maximum absolute atomic E-state index is 12.6. The van der Waals surface area contributed by atoms with Crippen molar-refractivity contribution >= 4 is 28.8 Å². The van der Waals surface area contributed by atoms with E-state index in [4.69, 9.17) is 0 Å². The van der Waals surface area contributed by atoms with Gasteiger partial charge in [-0.25, -0.2) is 0 Å². The van der Waals surface area contributed by atoms with Crippen LogP contribution in [0.3, 0.4) is 0 Å². The summed E-state index contributed by atoms with van der Waals surface area (Å²) in [5.74, 6) is -0.210. The first kappa shape index (κ1) is 19.6. The fraction of sp³-hybridized carbons (Fsp3) is 0.429. The molecule has 1 fully saturated rings. The second-order valence-corrected chi connectivity index (χ2v) is 7.96. The smallest absolute Gasteiger partial charge is 0.253 e. The third kappa shape index (κ3) is 5.65. The molecule has 27 heavy (non-hydrogen) atoms. The van der Waals surface area contributed by atoms with E-state index in [9.17, 15) is 9.59 Å². The van der Waals surface area contributed by atoms with Crippen molar-refractivity contribution in [3.8, 4) is 0 Å². The van der Waals surface area contributed by atoms with E-state index < -0.39 is 0 Å². The molecule has 1 aromatic carbocycles. The lowest BCUT2D eigenvalue weighted by Gasteiger charge is -2.20. The van der Waals surface area contributed by atoms with E-state index in [0.717, 1.165) is 25.9 Å². The van der Waals surface area contributed by atoms with Crippen molar-refractivity contribution in [2.75, 3.05) is 18.4 Å². The number of nitrogens with zero attached hydrogens (tertiary/aromatic N) is 1. The minimum atomic E-state index is -0.108. The monoisotopic (exact) mass is 385 g/mol. The number of likely N-dealkylation sites (N-methyl/N-ethyl adjacent to an activating group) is 1. The second kappa shape index (κ2) is 9.67. The number of carbonyl (C=O) groups is 2. The number of thiophene rings is 1. The van der Waals surface area contributed by atoms with Crippen molar-refractivity contribution in [3.05, 3.63) is 52.2 Å². The van der Waals surface area contributed by atoms with Crippen LogP contribution in [-0.2, 0) is 11.3 Å². The van der Waals surface area contributed by atoms with Crippen molar-refractivity contribution < 1.29 is 9.59 Å². The minimum Gasteiger partial charge on any atom is -0.349 e. The summed E-state index contributed by atoms with van der Waals surface area (Å²) in [6.45, 7) is 3.89. The fourth-order valence-corrected chi connectivity index (χ4v) is 4.16. The lowest BCUT2D eigenvalue weighted by atomic mass is 10.1. The van der Waals surface area contributed by atoms with Gasteiger partial charge >= 0.3 is 0 Å². The number of anilines is 1. The molecule has 2 aromatic rings. The van der Waals surface area contributed by atoms with Crippen LogP contribution in [0.1, 0.15) is 47.8 Å². The quantitative estimate of drug-likeness (QED) is 0.725. The molecule has 1 aromatic heterocycles. The van der Waals surface area contributed by atoms with Gasteiger partial charge in [-0.05, 0) is 43.0 Å². The van der Waals surface area contributed by atoms with Crippen LogP contribution in [0, 0.1) is 0 Å². The molecule has 0 atom stereocenters. The Bertz CT molecular complexity index is 755. The summed E-state index contributed by atoms with van der Waals surface area (Å²) in [6, 6.07) is 11.6. The molecule has 1 heterocycles. The minimum absolute atomic E-state index is 0.102. The van der Waals surface area contributed by atoms with E-state index in [1.165, 1.54) is 17.7 Å².